The average molecular weight is 186 g/mol. The van der Waals surface area contributed by atoms with Gasteiger partial charge in [0.15, 0.2) is 11.5 Å². The third-order valence-corrected chi connectivity index (χ3v) is 1.98. The topological polar surface area (TPSA) is 30.2 Å². The lowest BCUT2D eigenvalue weighted by Gasteiger charge is -1.80. The van der Waals surface area contributed by atoms with Crippen LogP contribution in [0.15, 0.2) is 47.1 Å². The third kappa shape index (κ3) is 1.91. The maximum absolute atomic E-state index is 10.4. The van der Waals surface area contributed by atoms with Crippen molar-refractivity contribution in [2.24, 2.45) is 0 Å². The number of carbonyl (C=O) groups is 1. The summed E-state index contributed by atoms with van der Waals surface area (Å²) in [7, 11) is 0. The first-order chi connectivity index (χ1) is 6.77. The Kier molecular flexibility index (Phi) is 2.19. The van der Waals surface area contributed by atoms with Gasteiger partial charge < -0.3 is 4.42 Å². The van der Waals surface area contributed by atoms with E-state index in [0.717, 1.165) is 0 Å². The fourth-order valence-corrected chi connectivity index (χ4v) is 1.15. The van der Waals surface area contributed by atoms with Crippen LogP contribution in [0.5, 0.6) is 0 Å². The molecule has 1 aromatic heterocycles. The van der Waals surface area contributed by atoms with Gasteiger partial charge in [0.25, 0.3) is 0 Å². The summed E-state index contributed by atoms with van der Waals surface area (Å²) in [4.78, 5) is 10.4. The molecule has 3 rings (SSSR count). The van der Waals surface area contributed by atoms with Crippen molar-refractivity contribution in [1.29, 1.82) is 0 Å². The number of furan rings is 1. The van der Waals surface area contributed by atoms with Crippen LogP contribution in [-0.4, -0.2) is 5.78 Å². The molecule has 0 atom stereocenters. The molecule has 0 radical (unpaired) electrons. The third-order valence-electron chi connectivity index (χ3n) is 1.98. The normalized spacial score (nSPS) is 10.1. The molecule has 2 heteroatoms. The zero-order chi connectivity index (χ0) is 9.97. The molecule has 0 unspecified atom stereocenters. The van der Waals surface area contributed by atoms with Crippen molar-refractivity contribution < 1.29 is 9.21 Å². The molecular weight excluding hydrogens is 176 g/mol. The van der Waals surface area contributed by atoms with E-state index >= 15 is 0 Å². The van der Waals surface area contributed by atoms with Gasteiger partial charge in [-0.05, 0) is 29.3 Å². The Hall–Kier alpha value is -1.83. The molecule has 70 valence electrons. The van der Waals surface area contributed by atoms with Gasteiger partial charge in [-0.3, -0.25) is 4.79 Å². The number of benzene rings is 1. The molecule has 1 aromatic rings. The maximum Gasteiger partial charge on any atom is 0.194 e. The Balaban J connectivity index is 0.000000110. The van der Waals surface area contributed by atoms with Crippen molar-refractivity contribution >= 4 is 5.78 Å². The smallest absolute Gasteiger partial charge is 0.194 e. The highest BCUT2D eigenvalue weighted by molar-refractivity contribution is 5.91. The van der Waals surface area contributed by atoms with Gasteiger partial charge in [0, 0.05) is 6.92 Å². The minimum absolute atomic E-state index is 0.0324. The number of hydrogen-bond acceptors (Lipinski definition) is 2. The second-order valence-corrected chi connectivity index (χ2v) is 3.11. The molecule has 0 saturated heterocycles. The number of ketones is 1. The van der Waals surface area contributed by atoms with E-state index in [4.69, 9.17) is 4.42 Å². The highest BCUT2D eigenvalue weighted by Crippen LogP contribution is 2.32. The Morgan fingerprint density at radius 2 is 1.86 bits per heavy atom. The largest absolute Gasteiger partial charge is 0.461 e. The highest BCUT2D eigenvalue weighted by Gasteiger charge is 2.06. The lowest BCUT2D eigenvalue weighted by molar-refractivity contribution is 0.0987. The average Bonchev–Trinajstić information content (AvgIpc) is 2.68. The quantitative estimate of drug-likeness (QED) is 0.546. The predicted octanol–water partition coefficient (Wildman–Crippen LogP) is 3.15. The van der Waals surface area contributed by atoms with Gasteiger partial charge in [-0.25, -0.2) is 0 Å². The summed E-state index contributed by atoms with van der Waals surface area (Å²) in [5.74, 6) is 0.389. The molecule has 2 aliphatic carbocycles. The van der Waals surface area contributed by atoms with Crippen LogP contribution in [-0.2, 0) is 0 Å². The Bertz CT molecular complexity index is 424. The first kappa shape index (κ1) is 8.75. The van der Waals surface area contributed by atoms with Crippen LogP contribution >= 0.6 is 0 Å². The van der Waals surface area contributed by atoms with Gasteiger partial charge in [0.1, 0.15) is 0 Å². The van der Waals surface area contributed by atoms with Crippen molar-refractivity contribution in [3.63, 3.8) is 0 Å². The molecule has 0 N–H and O–H groups in total. The first-order valence-electron chi connectivity index (χ1n) is 4.42. The van der Waals surface area contributed by atoms with Crippen LogP contribution in [0.3, 0.4) is 0 Å². The number of hydrogen-bond donors (Lipinski definition) is 0. The number of rotatable bonds is 1. The van der Waals surface area contributed by atoms with E-state index in [0.29, 0.717) is 5.76 Å². The molecule has 14 heavy (non-hydrogen) atoms. The molecule has 0 aromatic carbocycles. The van der Waals surface area contributed by atoms with E-state index in [1.165, 1.54) is 24.3 Å². The van der Waals surface area contributed by atoms with E-state index in [1.807, 2.05) is 0 Å². The van der Waals surface area contributed by atoms with Crippen LogP contribution < -0.4 is 0 Å². The van der Waals surface area contributed by atoms with E-state index in [-0.39, 0.29) is 5.78 Å². The molecule has 0 bridgehead atoms. The monoisotopic (exact) mass is 186 g/mol. The van der Waals surface area contributed by atoms with Crippen LogP contribution in [0.1, 0.15) is 17.5 Å². The summed E-state index contributed by atoms with van der Waals surface area (Å²) < 4.78 is 4.75. The number of Topliss-reactive ketones (excluding diaryl/α,β-unsaturated/α-hetero) is 1. The summed E-state index contributed by atoms with van der Waals surface area (Å²) in [5, 5.41) is 0. The first-order valence-corrected chi connectivity index (χ1v) is 4.42. The highest BCUT2D eigenvalue weighted by atomic mass is 16.3. The zero-order valence-corrected chi connectivity index (χ0v) is 7.86. The molecular formula is C12H10O2. The number of carbonyl (C=O) groups excluding carboxylic acids is 1. The van der Waals surface area contributed by atoms with Crippen molar-refractivity contribution in [2.75, 3.05) is 0 Å². The van der Waals surface area contributed by atoms with Crippen LogP contribution in [0.25, 0.3) is 11.1 Å². The molecule has 0 aliphatic heterocycles. The van der Waals surface area contributed by atoms with Gasteiger partial charge in [0.05, 0.1) is 6.26 Å². The second-order valence-electron chi connectivity index (χ2n) is 3.11. The standard InChI is InChI=1S/C6H6O2.C6H4/c1-5(7)6-3-2-4-8-6;1-2-5-4-6(5)3-1/h2-4H,1H3;1-4H. The zero-order valence-electron chi connectivity index (χ0n) is 7.86. The van der Waals surface area contributed by atoms with E-state index in [9.17, 15) is 4.79 Å². The fourth-order valence-electron chi connectivity index (χ4n) is 1.15. The van der Waals surface area contributed by atoms with Crippen molar-refractivity contribution in [2.45, 2.75) is 6.92 Å². The van der Waals surface area contributed by atoms with Crippen molar-refractivity contribution in [3.8, 4) is 11.1 Å². The maximum atomic E-state index is 10.4. The van der Waals surface area contributed by atoms with Gasteiger partial charge in [0.2, 0.25) is 0 Å². The molecule has 2 aliphatic rings. The summed E-state index contributed by atoms with van der Waals surface area (Å²) in [5.41, 5.74) is 2.85. The van der Waals surface area contributed by atoms with Crippen LogP contribution in [0.2, 0.25) is 0 Å². The summed E-state index contributed by atoms with van der Waals surface area (Å²) in [6.45, 7) is 1.47. The Morgan fingerprint density at radius 1 is 1.14 bits per heavy atom. The molecule has 0 spiro atoms. The van der Waals surface area contributed by atoms with Gasteiger partial charge in [-0.2, -0.15) is 0 Å². The van der Waals surface area contributed by atoms with Crippen molar-refractivity contribution in [1.82, 2.24) is 0 Å². The molecule has 0 amide bonds. The Labute approximate surface area is 82.2 Å². The van der Waals surface area contributed by atoms with Crippen LogP contribution in [0.4, 0.5) is 0 Å². The van der Waals surface area contributed by atoms with E-state index in [2.05, 4.69) is 24.3 Å². The molecule has 2 nitrogen and oxygen atoms in total. The van der Waals surface area contributed by atoms with Crippen molar-refractivity contribution in [3.05, 3.63) is 48.4 Å². The summed E-state index contributed by atoms with van der Waals surface area (Å²) >= 11 is 0. The second kappa shape index (κ2) is 3.50. The summed E-state index contributed by atoms with van der Waals surface area (Å²) in [6, 6.07) is 11.8. The number of fused-ring (bicyclic) bond motifs is 1. The SMILES string of the molecule is CC(=O)c1ccco1.c1cc2cc-2c1. The minimum Gasteiger partial charge on any atom is -0.461 e. The molecule has 0 fully saturated rings. The lowest BCUT2D eigenvalue weighted by atomic mass is 10.3. The summed E-state index contributed by atoms with van der Waals surface area (Å²) in [6.07, 6.45) is 1.48. The Morgan fingerprint density at radius 3 is 2.07 bits per heavy atom. The van der Waals surface area contributed by atoms with E-state index < -0.39 is 0 Å². The van der Waals surface area contributed by atoms with Gasteiger partial charge in [-0.15, -0.1) is 0 Å². The van der Waals surface area contributed by atoms with E-state index in [1.54, 1.807) is 12.1 Å². The fraction of sp³-hybridized carbons (Fsp3) is 0.0833. The van der Waals surface area contributed by atoms with Gasteiger partial charge >= 0.3 is 0 Å². The van der Waals surface area contributed by atoms with Crippen LogP contribution in [0, 0.1) is 0 Å². The molecule has 0 saturated carbocycles. The minimum atomic E-state index is -0.0324. The molecule has 1 heterocycles. The van der Waals surface area contributed by atoms with Gasteiger partial charge in [-0.1, -0.05) is 18.2 Å². The lowest BCUT2D eigenvalue weighted by Crippen LogP contribution is -1.85. The predicted molar refractivity (Wildman–Crippen MR) is 54.1 cm³/mol.